The number of nitrogens with zero attached hydrogens (tertiary/aromatic N) is 1. The fourth-order valence-electron chi connectivity index (χ4n) is 1.82. The van der Waals surface area contributed by atoms with Crippen LogP contribution < -0.4 is 5.32 Å². The maximum atomic E-state index is 12.9. The zero-order valence-electron chi connectivity index (χ0n) is 11.1. The summed E-state index contributed by atoms with van der Waals surface area (Å²) in [6, 6.07) is 3.58. The molecular formula is C13H17F3N2O. The van der Waals surface area contributed by atoms with E-state index in [1.54, 1.807) is 13.8 Å². The van der Waals surface area contributed by atoms with Crippen LogP contribution in [0.5, 0.6) is 0 Å². The van der Waals surface area contributed by atoms with Gasteiger partial charge in [0.25, 0.3) is 5.91 Å². The van der Waals surface area contributed by atoms with Gasteiger partial charge in [0.2, 0.25) is 0 Å². The largest absolute Gasteiger partial charge is 0.418 e. The van der Waals surface area contributed by atoms with Crippen LogP contribution in [0.2, 0.25) is 0 Å². The van der Waals surface area contributed by atoms with Crippen molar-refractivity contribution in [2.45, 2.75) is 20.0 Å². The number of halogens is 3. The molecule has 1 aromatic rings. The second-order valence-electron chi connectivity index (χ2n) is 3.99. The molecule has 0 aliphatic heterocycles. The molecule has 0 aliphatic carbocycles. The molecule has 0 atom stereocenters. The number of amides is 1. The van der Waals surface area contributed by atoms with E-state index in [1.807, 2.05) is 0 Å². The van der Waals surface area contributed by atoms with E-state index in [0.29, 0.717) is 13.1 Å². The number of rotatable bonds is 4. The maximum Gasteiger partial charge on any atom is 0.418 e. The number of nitrogens with one attached hydrogen (secondary N) is 1. The Kier molecular flexibility index (Phi) is 4.80. The summed E-state index contributed by atoms with van der Waals surface area (Å²) in [6.07, 6.45) is -4.49. The normalized spacial score (nSPS) is 11.3. The summed E-state index contributed by atoms with van der Waals surface area (Å²) >= 11 is 0. The Morgan fingerprint density at radius 1 is 1.26 bits per heavy atom. The number of carbonyl (C=O) groups is 1. The van der Waals surface area contributed by atoms with Crippen LogP contribution in [0.4, 0.5) is 18.9 Å². The first-order valence-electron chi connectivity index (χ1n) is 6.03. The monoisotopic (exact) mass is 274 g/mol. The molecule has 0 aromatic heterocycles. The van der Waals surface area contributed by atoms with Gasteiger partial charge in [0.05, 0.1) is 5.56 Å². The number of benzene rings is 1. The van der Waals surface area contributed by atoms with Crippen molar-refractivity contribution in [3.8, 4) is 0 Å². The minimum atomic E-state index is -4.49. The Hall–Kier alpha value is -1.72. The molecule has 3 nitrogen and oxygen atoms in total. The van der Waals surface area contributed by atoms with Crippen LogP contribution in [0.25, 0.3) is 0 Å². The summed E-state index contributed by atoms with van der Waals surface area (Å²) in [5.41, 5.74) is -0.813. The van der Waals surface area contributed by atoms with Gasteiger partial charge in [0.15, 0.2) is 0 Å². The Balaban J connectivity index is 3.22. The molecule has 0 unspecified atom stereocenters. The molecule has 0 heterocycles. The van der Waals surface area contributed by atoms with Crippen molar-refractivity contribution in [1.29, 1.82) is 0 Å². The smallest absolute Gasteiger partial charge is 0.388 e. The van der Waals surface area contributed by atoms with E-state index in [9.17, 15) is 18.0 Å². The lowest BCUT2D eigenvalue weighted by Crippen LogP contribution is -2.30. The van der Waals surface area contributed by atoms with Crippen LogP contribution >= 0.6 is 0 Å². The summed E-state index contributed by atoms with van der Waals surface area (Å²) < 4.78 is 38.6. The van der Waals surface area contributed by atoms with Crippen LogP contribution in [0.3, 0.4) is 0 Å². The third-order valence-electron chi connectivity index (χ3n) is 2.89. The average Bonchev–Trinajstić information content (AvgIpc) is 2.38. The molecule has 1 rings (SSSR count). The highest BCUT2D eigenvalue weighted by Crippen LogP contribution is 2.35. The molecule has 0 spiro atoms. The molecule has 1 aromatic carbocycles. The van der Waals surface area contributed by atoms with Gasteiger partial charge in [-0.1, -0.05) is 0 Å². The SMILES string of the molecule is CCN(CC)C(=O)c1ccc(NC)c(C(F)(F)F)c1. The number of carbonyl (C=O) groups excluding carboxylic acids is 1. The summed E-state index contributed by atoms with van der Waals surface area (Å²) in [7, 11) is 1.41. The van der Waals surface area contributed by atoms with Gasteiger partial charge < -0.3 is 10.2 Å². The Morgan fingerprint density at radius 2 is 1.84 bits per heavy atom. The van der Waals surface area contributed by atoms with Crippen LogP contribution in [0.15, 0.2) is 18.2 Å². The fourth-order valence-corrected chi connectivity index (χ4v) is 1.82. The Morgan fingerprint density at radius 3 is 2.26 bits per heavy atom. The highest BCUT2D eigenvalue weighted by atomic mass is 19.4. The number of alkyl halides is 3. The predicted octanol–water partition coefficient (Wildman–Crippen LogP) is 3.23. The molecule has 0 fully saturated rings. The van der Waals surface area contributed by atoms with Crippen molar-refractivity contribution in [2.75, 3.05) is 25.5 Å². The molecule has 0 saturated heterocycles. The molecule has 19 heavy (non-hydrogen) atoms. The van der Waals surface area contributed by atoms with Gasteiger partial charge in [-0.3, -0.25) is 4.79 Å². The van der Waals surface area contributed by atoms with E-state index in [-0.39, 0.29) is 11.3 Å². The van der Waals surface area contributed by atoms with Crippen molar-refractivity contribution in [3.05, 3.63) is 29.3 Å². The van der Waals surface area contributed by atoms with Crippen molar-refractivity contribution >= 4 is 11.6 Å². The molecule has 1 N–H and O–H groups in total. The van der Waals surface area contributed by atoms with Crippen molar-refractivity contribution in [1.82, 2.24) is 4.90 Å². The van der Waals surface area contributed by atoms with E-state index >= 15 is 0 Å². The van der Waals surface area contributed by atoms with Gasteiger partial charge in [-0.05, 0) is 32.0 Å². The van der Waals surface area contributed by atoms with Crippen molar-refractivity contribution < 1.29 is 18.0 Å². The molecule has 0 saturated carbocycles. The third-order valence-corrected chi connectivity index (χ3v) is 2.89. The highest BCUT2D eigenvalue weighted by molar-refractivity contribution is 5.95. The molecule has 1 amide bonds. The zero-order valence-corrected chi connectivity index (χ0v) is 11.1. The minimum absolute atomic E-state index is 0.0383. The lowest BCUT2D eigenvalue weighted by molar-refractivity contribution is -0.136. The highest BCUT2D eigenvalue weighted by Gasteiger charge is 2.34. The van der Waals surface area contributed by atoms with E-state index in [0.717, 1.165) is 6.07 Å². The number of anilines is 1. The number of hydrogen-bond acceptors (Lipinski definition) is 2. The summed E-state index contributed by atoms with van der Waals surface area (Å²) in [5.74, 6) is -0.391. The summed E-state index contributed by atoms with van der Waals surface area (Å²) in [6.45, 7) is 4.50. The molecule has 6 heteroatoms. The molecular weight excluding hydrogens is 257 g/mol. The van der Waals surface area contributed by atoms with Crippen LogP contribution in [0, 0.1) is 0 Å². The summed E-state index contributed by atoms with van der Waals surface area (Å²) in [4.78, 5) is 13.5. The molecule has 0 radical (unpaired) electrons. The van der Waals surface area contributed by atoms with Crippen molar-refractivity contribution in [2.24, 2.45) is 0 Å². The first-order valence-corrected chi connectivity index (χ1v) is 6.03. The fraction of sp³-hybridized carbons (Fsp3) is 0.462. The molecule has 106 valence electrons. The predicted molar refractivity (Wildman–Crippen MR) is 68.2 cm³/mol. The van der Waals surface area contributed by atoms with Gasteiger partial charge in [-0.25, -0.2) is 0 Å². The standard InChI is InChI=1S/C13H17F3N2O/c1-4-18(5-2)12(19)9-6-7-11(17-3)10(8-9)13(14,15)16/h6-8,17H,4-5H2,1-3H3. The summed E-state index contributed by atoms with van der Waals surface area (Å²) in [5, 5.41) is 2.48. The Bertz CT molecular complexity index is 454. The quantitative estimate of drug-likeness (QED) is 0.914. The minimum Gasteiger partial charge on any atom is -0.388 e. The van der Waals surface area contributed by atoms with Gasteiger partial charge in [-0.15, -0.1) is 0 Å². The van der Waals surface area contributed by atoms with Gasteiger partial charge in [0.1, 0.15) is 0 Å². The third kappa shape index (κ3) is 3.39. The topological polar surface area (TPSA) is 32.3 Å². The first-order chi connectivity index (χ1) is 8.85. The van der Waals surface area contributed by atoms with Crippen molar-refractivity contribution in [3.63, 3.8) is 0 Å². The lowest BCUT2D eigenvalue weighted by atomic mass is 10.1. The zero-order chi connectivity index (χ0) is 14.6. The van der Waals surface area contributed by atoms with Gasteiger partial charge in [-0.2, -0.15) is 13.2 Å². The molecule has 0 aliphatic rings. The Labute approximate surface area is 110 Å². The first kappa shape index (κ1) is 15.3. The number of hydrogen-bond donors (Lipinski definition) is 1. The maximum absolute atomic E-state index is 12.9. The van der Waals surface area contributed by atoms with E-state index in [4.69, 9.17) is 0 Å². The lowest BCUT2D eigenvalue weighted by Gasteiger charge is -2.20. The average molecular weight is 274 g/mol. The second-order valence-corrected chi connectivity index (χ2v) is 3.99. The van der Waals surface area contributed by atoms with Crippen LogP contribution in [0.1, 0.15) is 29.8 Å². The van der Waals surface area contributed by atoms with E-state index in [2.05, 4.69) is 5.32 Å². The second kappa shape index (κ2) is 5.95. The molecule has 0 bridgehead atoms. The van der Waals surface area contributed by atoms with E-state index < -0.39 is 17.6 Å². The van der Waals surface area contributed by atoms with Crippen LogP contribution in [-0.4, -0.2) is 30.9 Å². The van der Waals surface area contributed by atoms with E-state index in [1.165, 1.54) is 24.1 Å². The van der Waals surface area contributed by atoms with Gasteiger partial charge >= 0.3 is 6.18 Å². The van der Waals surface area contributed by atoms with Crippen LogP contribution in [-0.2, 0) is 6.18 Å². The van der Waals surface area contributed by atoms with Gasteiger partial charge in [0, 0.05) is 31.4 Å².